The van der Waals surface area contributed by atoms with Gasteiger partial charge in [0.2, 0.25) is 5.89 Å². The van der Waals surface area contributed by atoms with Gasteiger partial charge in [0.05, 0.1) is 11.6 Å². The third-order valence-electron chi connectivity index (χ3n) is 2.11. The molecule has 0 spiro atoms. The van der Waals surface area contributed by atoms with Crippen LogP contribution in [0.1, 0.15) is 11.3 Å². The highest BCUT2D eigenvalue weighted by atomic mass is 35.5. The molecule has 0 fully saturated rings. The molecule has 1 aromatic carbocycles. The summed E-state index contributed by atoms with van der Waals surface area (Å²) in [6.07, 6.45) is 1.51. The molecule has 0 saturated carbocycles. The van der Waals surface area contributed by atoms with Crippen molar-refractivity contribution < 1.29 is 8.81 Å². The molecule has 1 heterocycles. The Morgan fingerprint density at radius 3 is 2.87 bits per heavy atom. The fraction of sp³-hybridized carbons (Fsp3) is 0.182. The van der Waals surface area contributed by atoms with E-state index in [1.165, 1.54) is 18.4 Å². The smallest absolute Gasteiger partial charge is 0.226 e. The van der Waals surface area contributed by atoms with Crippen molar-refractivity contribution in [2.75, 3.05) is 0 Å². The molecule has 2 rings (SSSR count). The average molecular weight is 226 g/mol. The molecule has 0 saturated heterocycles. The molecule has 0 unspecified atom stereocenters. The number of rotatable bonds is 2. The maximum absolute atomic E-state index is 12.9. The summed E-state index contributed by atoms with van der Waals surface area (Å²) in [5, 5.41) is 0. The highest BCUT2D eigenvalue weighted by molar-refractivity contribution is 6.16. The normalized spacial score (nSPS) is 10.6. The van der Waals surface area contributed by atoms with Gasteiger partial charge in [-0.05, 0) is 30.7 Å². The zero-order chi connectivity index (χ0) is 10.8. The van der Waals surface area contributed by atoms with Gasteiger partial charge in [0.15, 0.2) is 0 Å². The van der Waals surface area contributed by atoms with Crippen molar-refractivity contribution in [3.8, 4) is 11.5 Å². The molecule has 0 amide bonds. The van der Waals surface area contributed by atoms with E-state index in [9.17, 15) is 4.39 Å². The average Bonchev–Trinajstić information content (AvgIpc) is 2.66. The lowest BCUT2D eigenvalue weighted by Gasteiger charge is -2.00. The number of alkyl halides is 1. The first kappa shape index (κ1) is 10.2. The number of hydrogen-bond acceptors (Lipinski definition) is 2. The lowest BCUT2D eigenvalue weighted by atomic mass is 10.1. The van der Waals surface area contributed by atoms with Gasteiger partial charge < -0.3 is 4.42 Å². The molecular formula is C11H9ClFNO. The molecule has 0 aliphatic rings. The summed E-state index contributed by atoms with van der Waals surface area (Å²) in [7, 11) is 0. The van der Waals surface area contributed by atoms with Gasteiger partial charge in [0.25, 0.3) is 0 Å². The fourth-order valence-electron chi connectivity index (χ4n) is 1.36. The second kappa shape index (κ2) is 4.03. The van der Waals surface area contributed by atoms with E-state index in [-0.39, 0.29) is 5.82 Å². The van der Waals surface area contributed by atoms with E-state index in [4.69, 9.17) is 16.0 Å². The summed E-state index contributed by atoms with van der Waals surface area (Å²) in [4.78, 5) is 4.17. The van der Waals surface area contributed by atoms with E-state index < -0.39 is 0 Å². The zero-order valence-corrected chi connectivity index (χ0v) is 8.88. The van der Waals surface area contributed by atoms with Gasteiger partial charge in [0, 0.05) is 5.56 Å². The summed E-state index contributed by atoms with van der Waals surface area (Å²) in [5.41, 5.74) is 2.25. The Bertz CT molecular complexity index is 481. The van der Waals surface area contributed by atoms with Crippen molar-refractivity contribution in [1.82, 2.24) is 4.98 Å². The standard InChI is InChI=1S/C11H9ClFNO/c1-7-4-8(13)2-3-10(7)11-14-9(5-12)6-15-11/h2-4,6H,5H2,1H3. The van der Waals surface area contributed by atoms with Gasteiger partial charge in [-0.1, -0.05) is 0 Å². The van der Waals surface area contributed by atoms with Crippen molar-refractivity contribution in [1.29, 1.82) is 0 Å². The van der Waals surface area contributed by atoms with Crippen LogP contribution in [0.3, 0.4) is 0 Å². The Labute approximate surface area is 91.7 Å². The number of aryl methyl sites for hydroxylation is 1. The molecule has 0 aliphatic carbocycles. The maximum atomic E-state index is 12.9. The molecule has 0 bridgehead atoms. The Morgan fingerprint density at radius 2 is 2.27 bits per heavy atom. The Kier molecular flexibility index (Phi) is 2.73. The molecule has 0 atom stereocenters. The highest BCUT2D eigenvalue weighted by Crippen LogP contribution is 2.23. The Hall–Kier alpha value is -1.35. The van der Waals surface area contributed by atoms with Gasteiger partial charge >= 0.3 is 0 Å². The Balaban J connectivity index is 2.44. The monoisotopic (exact) mass is 225 g/mol. The molecule has 0 aliphatic heterocycles. The van der Waals surface area contributed by atoms with E-state index >= 15 is 0 Å². The third-order valence-corrected chi connectivity index (χ3v) is 2.38. The van der Waals surface area contributed by atoms with Crippen molar-refractivity contribution in [2.24, 2.45) is 0 Å². The van der Waals surface area contributed by atoms with Crippen LogP contribution in [-0.2, 0) is 5.88 Å². The molecule has 0 radical (unpaired) electrons. The summed E-state index contributed by atoms with van der Waals surface area (Å²) in [5.74, 6) is 0.521. The predicted molar refractivity (Wildman–Crippen MR) is 56.2 cm³/mol. The highest BCUT2D eigenvalue weighted by Gasteiger charge is 2.09. The quantitative estimate of drug-likeness (QED) is 0.731. The summed E-state index contributed by atoms with van der Waals surface area (Å²) < 4.78 is 18.1. The lowest BCUT2D eigenvalue weighted by Crippen LogP contribution is -1.85. The fourth-order valence-corrected chi connectivity index (χ4v) is 1.48. The molecular weight excluding hydrogens is 217 g/mol. The Morgan fingerprint density at radius 1 is 1.47 bits per heavy atom. The number of hydrogen-bond donors (Lipinski definition) is 0. The maximum Gasteiger partial charge on any atom is 0.226 e. The number of halogens is 2. The summed E-state index contributed by atoms with van der Waals surface area (Å²) in [6, 6.07) is 4.47. The number of benzene rings is 1. The van der Waals surface area contributed by atoms with E-state index in [0.29, 0.717) is 17.5 Å². The van der Waals surface area contributed by atoms with Crippen LogP contribution in [0.4, 0.5) is 4.39 Å². The van der Waals surface area contributed by atoms with Crippen molar-refractivity contribution >= 4 is 11.6 Å². The van der Waals surface area contributed by atoms with Crippen LogP contribution in [0.2, 0.25) is 0 Å². The van der Waals surface area contributed by atoms with Crippen LogP contribution in [0.25, 0.3) is 11.5 Å². The van der Waals surface area contributed by atoms with Crippen LogP contribution in [-0.4, -0.2) is 4.98 Å². The predicted octanol–water partition coefficient (Wildman–Crippen LogP) is 3.53. The minimum Gasteiger partial charge on any atom is -0.444 e. The van der Waals surface area contributed by atoms with Crippen LogP contribution in [0.15, 0.2) is 28.9 Å². The van der Waals surface area contributed by atoms with E-state index in [1.54, 1.807) is 6.07 Å². The first-order valence-corrected chi connectivity index (χ1v) is 5.01. The SMILES string of the molecule is Cc1cc(F)ccc1-c1nc(CCl)co1. The zero-order valence-electron chi connectivity index (χ0n) is 8.13. The molecule has 4 heteroatoms. The second-order valence-electron chi connectivity index (χ2n) is 3.24. The molecule has 2 aromatic rings. The van der Waals surface area contributed by atoms with E-state index in [0.717, 1.165) is 11.1 Å². The number of oxazole rings is 1. The summed E-state index contributed by atoms with van der Waals surface area (Å²) in [6.45, 7) is 1.81. The number of nitrogens with zero attached hydrogens (tertiary/aromatic N) is 1. The molecule has 78 valence electrons. The molecule has 0 N–H and O–H groups in total. The molecule has 2 nitrogen and oxygen atoms in total. The summed E-state index contributed by atoms with van der Waals surface area (Å²) >= 11 is 5.61. The van der Waals surface area contributed by atoms with Crippen LogP contribution in [0.5, 0.6) is 0 Å². The lowest BCUT2D eigenvalue weighted by molar-refractivity contribution is 0.572. The number of aromatic nitrogens is 1. The second-order valence-corrected chi connectivity index (χ2v) is 3.50. The first-order valence-electron chi connectivity index (χ1n) is 4.47. The van der Waals surface area contributed by atoms with Gasteiger partial charge in [0.1, 0.15) is 12.1 Å². The van der Waals surface area contributed by atoms with E-state index in [1.807, 2.05) is 6.92 Å². The topological polar surface area (TPSA) is 26.0 Å². The van der Waals surface area contributed by atoms with Crippen LogP contribution >= 0.6 is 11.6 Å². The first-order chi connectivity index (χ1) is 7.20. The van der Waals surface area contributed by atoms with Crippen LogP contribution in [0, 0.1) is 12.7 Å². The third kappa shape index (κ3) is 2.02. The van der Waals surface area contributed by atoms with Gasteiger partial charge in [-0.2, -0.15) is 0 Å². The molecule has 1 aromatic heterocycles. The van der Waals surface area contributed by atoms with E-state index in [2.05, 4.69) is 4.98 Å². The minimum atomic E-state index is -0.264. The van der Waals surface area contributed by atoms with Crippen molar-refractivity contribution in [3.05, 3.63) is 41.5 Å². The van der Waals surface area contributed by atoms with Crippen molar-refractivity contribution in [3.63, 3.8) is 0 Å². The molecule has 15 heavy (non-hydrogen) atoms. The van der Waals surface area contributed by atoms with Gasteiger partial charge in [-0.25, -0.2) is 9.37 Å². The van der Waals surface area contributed by atoms with Gasteiger partial charge in [-0.15, -0.1) is 11.6 Å². The van der Waals surface area contributed by atoms with Gasteiger partial charge in [-0.3, -0.25) is 0 Å². The van der Waals surface area contributed by atoms with Crippen LogP contribution < -0.4 is 0 Å². The minimum absolute atomic E-state index is 0.264. The van der Waals surface area contributed by atoms with Crippen molar-refractivity contribution in [2.45, 2.75) is 12.8 Å². The largest absolute Gasteiger partial charge is 0.444 e.